The van der Waals surface area contributed by atoms with E-state index in [1.54, 1.807) is 6.26 Å². The molecule has 1 atom stereocenters. The molecule has 0 spiro atoms. The van der Waals surface area contributed by atoms with Crippen LogP contribution in [0.3, 0.4) is 0 Å². The standard InChI is InChI=1S/C18H22FNO/c19-15-9-7-14(8-10-15)17(18-6-3-13-21-18)11-12-20-16-4-1-2-5-16/h3,6-10,13,16-17,20H,1-2,4-5,11-12H2. The van der Waals surface area contributed by atoms with E-state index in [0.29, 0.717) is 6.04 Å². The molecule has 0 amide bonds. The van der Waals surface area contributed by atoms with Gasteiger partial charge >= 0.3 is 0 Å². The Hall–Kier alpha value is -1.61. The van der Waals surface area contributed by atoms with Crippen LogP contribution in [-0.2, 0) is 0 Å². The third-order valence-corrected chi connectivity index (χ3v) is 4.38. The topological polar surface area (TPSA) is 25.2 Å². The summed E-state index contributed by atoms with van der Waals surface area (Å²) in [5, 5.41) is 3.64. The van der Waals surface area contributed by atoms with E-state index in [1.165, 1.54) is 37.8 Å². The summed E-state index contributed by atoms with van der Waals surface area (Å²) in [5.74, 6) is 0.949. The Bertz CT molecular complexity index is 529. The highest BCUT2D eigenvalue weighted by Crippen LogP contribution is 2.28. The van der Waals surface area contributed by atoms with E-state index < -0.39 is 0 Å². The molecule has 1 unspecified atom stereocenters. The Morgan fingerprint density at radius 3 is 2.57 bits per heavy atom. The molecule has 0 bridgehead atoms. The van der Waals surface area contributed by atoms with Crippen molar-refractivity contribution in [3.8, 4) is 0 Å². The van der Waals surface area contributed by atoms with Crippen molar-refractivity contribution in [3.05, 3.63) is 59.8 Å². The van der Waals surface area contributed by atoms with Crippen LogP contribution in [0.25, 0.3) is 0 Å². The average Bonchev–Trinajstić information content (AvgIpc) is 3.18. The highest BCUT2D eigenvalue weighted by molar-refractivity contribution is 5.27. The lowest BCUT2D eigenvalue weighted by atomic mass is 9.93. The quantitative estimate of drug-likeness (QED) is 0.847. The van der Waals surface area contributed by atoms with Crippen LogP contribution in [0, 0.1) is 5.82 Å². The fourth-order valence-electron chi connectivity index (χ4n) is 3.22. The van der Waals surface area contributed by atoms with Gasteiger partial charge < -0.3 is 9.73 Å². The minimum atomic E-state index is -0.193. The number of benzene rings is 1. The summed E-state index contributed by atoms with van der Waals surface area (Å²) in [6.07, 6.45) is 7.95. The zero-order valence-corrected chi connectivity index (χ0v) is 12.2. The Morgan fingerprint density at radius 1 is 1.14 bits per heavy atom. The van der Waals surface area contributed by atoms with E-state index in [9.17, 15) is 4.39 Å². The summed E-state index contributed by atoms with van der Waals surface area (Å²) in [5.41, 5.74) is 1.11. The van der Waals surface area contributed by atoms with Crippen molar-refractivity contribution in [3.63, 3.8) is 0 Å². The van der Waals surface area contributed by atoms with Gasteiger partial charge in [0.15, 0.2) is 0 Å². The van der Waals surface area contributed by atoms with E-state index in [0.717, 1.165) is 24.3 Å². The summed E-state index contributed by atoms with van der Waals surface area (Å²) in [7, 11) is 0. The minimum Gasteiger partial charge on any atom is -0.469 e. The molecule has 112 valence electrons. The lowest BCUT2D eigenvalue weighted by Crippen LogP contribution is -2.28. The van der Waals surface area contributed by atoms with E-state index in [1.807, 2.05) is 24.3 Å². The number of hydrogen-bond donors (Lipinski definition) is 1. The smallest absolute Gasteiger partial charge is 0.123 e. The van der Waals surface area contributed by atoms with Crippen molar-refractivity contribution in [2.75, 3.05) is 6.54 Å². The fraction of sp³-hybridized carbons (Fsp3) is 0.444. The van der Waals surface area contributed by atoms with Gasteiger partial charge in [0.1, 0.15) is 11.6 Å². The molecule has 1 aliphatic carbocycles. The van der Waals surface area contributed by atoms with Crippen molar-refractivity contribution >= 4 is 0 Å². The van der Waals surface area contributed by atoms with Crippen LogP contribution in [0.4, 0.5) is 4.39 Å². The first-order chi connectivity index (χ1) is 10.3. The molecule has 0 saturated heterocycles. The molecule has 2 nitrogen and oxygen atoms in total. The number of hydrogen-bond acceptors (Lipinski definition) is 2. The SMILES string of the molecule is Fc1ccc(C(CCNC2CCCC2)c2ccco2)cc1. The number of halogens is 1. The van der Waals surface area contributed by atoms with Gasteiger partial charge in [-0.1, -0.05) is 25.0 Å². The zero-order chi connectivity index (χ0) is 14.5. The van der Waals surface area contributed by atoms with Gasteiger partial charge in [0.05, 0.1) is 6.26 Å². The number of furan rings is 1. The predicted octanol–water partition coefficient (Wildman–Crippen LogP) is 4.47. The van der Waals surface area contributed by atoms with Crippen molar-refractivity contribution < 1.29 is 8.81 Å². The fourth-order valence-corrected chi connectivity index (χ4v) is 3.22. The molecule has 1 aromatic carbocycles. The Balaban J connectivity index is 1.66. The van der Waals surface area contributed by atoms with Crippen LogP contribution < -0.4 is 5.32 Å². The summed E-state index contributed by atoms with van der Waals surface area (Å²) in [6, 6.07) is 11.4. The van der Waals surface area contributed by atoms with Gasteiger partial charge in [-0.2, -0.15) is 0 Å². The van der Waals surface area contributed by atoms with Crippen LogP contribution in [0.2, 0.25) is 0 Å². The van der Waals surface area contributed by atoms with Crippen molar-refractivity contribution in [1.82, 2.24) is 5.32 Å². The first kappa shape index (κ1) is 14.3. The van der Waals surface area contributed by atoms with Gasteiger partial charge in [0.25, 0.3) is 0 Å². The Labute approximate surface area is 125 Å². The van der Waals surface area contributed by atoms with Gasteiger partial charge in [0, 0.05) is 12.0 Å². The summed E-state index contributed by atoms with van der Waals surface area (Å²) >= 11 is 0. The minimum absolute atomic E-state index is 0.189. The van der Waals surface area contributed by atoms with Gasteiger partial charge in [-0.15, -0.1) is 0 Å². The molecule has 1 aromatic heterocycles. The molecular formula is C18H22FNO. The normalized spacial score (nSPS) is 17.2. The molecule has 1 N–H and O–H groups in total. The van der Waals surface area contributed by atoms with Crippen LogP contribution in [0.15, 0.2) is 47.1 Å². The van der Waals surface area contributed by atoms with E-state index in [-0.39, 0.29) is 11.7 Å². The largest absolute Gasteiger partial charge is 0.469 e. The summed E-state index contributed by atoms with van der Waals surface area (Å²) in [4.78, 5) is 0. The maximum Gasteiger partial charge on any atom is 0.123 e. The molecule has 21 heavy (non-hydrogen) atoms. The molecule has 2 aromatic rings. The average molecular weight is 287 g/mol. The summed E-state index contributed by atoms with van der Waals surface area (Å²) in [6.45, 7) is 0.966. The third-order valence-electron chi connectivity index (χ3n) is 4.38. The number of nitrogens with one attached hydrogen (secondary N) is 1. The molecule has 0 radical (unpaired) electrons. The van der Waals surface area contributed by atoms with Crippen LogP contribution in [-0.4, -0.2) is 12.6 Å². The maximum atomic E-state index is 13.1. The third kappa shape index (κ3) is 3.73. The zero-order valence-electron chi connectivity index (χ0n) is 12.2. The first-order valence-electron chi connectivity index (χ1n) is 7.85. The monoisotopic (exact) mass is 287 g/mol. The second-order valence-corrected chi connectivity index (χ2v) is 5.84. The Morgan fingerprint density at radius 2 is 1.90 bits per heavy atom. The molecular weight excluding hydrogens is 265 g/mol. The molecule has 3 rings (SSSR count). The van der Waals surface area contributed by atoms with E-state index in [4.69, 9.17) is 4.42 Å². The molecule has 1 fully saturated rings. The molecule has 0 aliphatic heterocycles. The highest BCUT2D eigenvalue weighted by Gasteiger charge is 2.19. The van der Waals surface area contributed by atoms with Crippen LogP contribution in [0.5, 0.6) is 0 Å². The van der Waals surface area contributed by atoms with Crippen molar-refractivity contribution in [2.24, 2.45) is 0 Å². The molecule has 1 saturated carbocycles. The molecule has 3 heteroatoms. The van der Waals surface area contributed by atoms with E-state index >= 15 is 0 Å². The van der Waals surface area contributed by atoms with Gasteiger partial charge in [-0.25, -0.2) is 4.39 Å². The highest BCUT2D eigenvalue weighted by atomic mass is 19.1. The lowest BCUT2D eigenvalue weighted by Gasteiger charge is -2.18. The Kier molecular flexibility index (Phi) is 4.71. The van der Waals surface area contributed by atoms with Gasteiger partial charge in [0.2, 0.25) is 0 Å². The number of rotatable bonds is 6. The maximum absolute atomic E-state index is 13.1. The predicted molar refractivity (Wildman–Crippen MR) is 81.8 cm³/mol. The lowest BCUT2D eigenvalue weighted by molar-refractivity contribution is 0.449. The van der Waals surface area contributed by atoms with Gasteiger partial charge in [-0.3, -0.25) is 0 Å². The van der Waals surface area contributed by atoms with Crippen molar-refractivity contribution in [1.29, 1.82) is 0 Å². The van der Waals surface area contributed by atoms with Gasteiger partial charge in [-0.05, 0) is 55.6 Å². The second-order valence-electron chi connectivity index (χ2n) is 5.84. The second kappa shape index (κ2) is 6.90. The van der Waals surface area contributed by atoms with E-state index in [2.05, 4.69) is 5.32 Å². The first-order valence-corrected chi connectivity index (χ1v) is 7.85. The van der Waals surface area contributed by atoms with Crippen LogP contribution >= 0.6 is 0 Å². The van der Waals surface area contributed by atoms with Crippen molar-refractivity contribution in [2.45, 2.75) is 44.1 Å². The molecule has 1 heterocycles. The van der Waals surface area contributed by atoms with Crippen LogP contribution in [0.1, 0.15) is 49.3 Å². The summed E-state index contributed by atoms with van der Waals surface area (Å²) < 4.78 is 18.7. The molecule has 1 aliphatic rings.